The summed E-state index contributed by atoms with van der Waals surface area (Å²) >= 11 is 0. The number of nitrogens with one attached hydrogen (secondary N) is 1. The molecule has 0 amide bonds. The normalized spacial score (nSPS) is 19.8. The molecule has 0 aromatic carbocycles. The van der Waals surface area contributed by atoms with E-state index in [-0.39, 0.29) is 0 Å². The molecule has 1 rings (SSSR count). The molecule has 1 aliphatic rings. The van der Waals surface area contributed by atoms with Crippen molar-refractivity contribution in [3.05, 3.63) is 0 Å². The Balaban J connectivity index is 2.12. The van der Waals surface area contributed by atoms with E-state index < -0.39 is 0 Å². The minimum absolute atomic E-state index is 0.838. The van der Waals surface area contributed by atoms with Gasteiger partial charge in [0.25, 0.3) is 0 Å². The Labute approximate surface area is 83.3 Å². The van der Waals surface area contributed by atoms with Crippen LogP contribution in [0.4, 0.5) is 0 Å². The quantitative estimate of drug-likeness (QED) is 0.597. The van der Waals surface area contributed by atoms with E-state index in [0.717, 1.165) is 18.5 Å². The van der Waals surface area contributed by atoms with Crippen LogP contribution in [0.3, 0.4) is 0 Å². The van der Waals surface area contributed by atoms with Gasteiger partial charge in [-0.2, -0.15) is 0 Å². The minimum Gasteiger partial charge on any atom is -0.314 e. The molecule has 0 radical (unpaired) electrons. The first-order valence-electron chi connectivity index (χ1n) is 6.11. The van der Waals surface area contributed by atoms with Crippen LogP contribution in [0.2, 0.25) is 0 Å². The first-order chi connectivity index (χ1) is 6.38. The molecule has 1 nitrogen and oxygen atoms in total. The topological polar surface area (TPSA) is 12.0 Å². The van der Waals surface area contributed by atoms with Gasteiger partial charge in [0.05, 0.1) is 0 Å². The van der Waals surface area contributed by atoms with Gasteiger partial charge in [-0.25, -0.2) is 0 Å². The van der Waals surface area contributed by atoms with Crippen LogP contribution in [0, 0.1) is 5.92 Å². The average molecular weight is 183 g/mol. The Morgan fingerprint density at radius 1 is 1.23 bits per heavy atom. The van der Waals surface area contributed by atoms with Crippen molar-refractivity contribution in [2.24, 2.45) is 5.92 Å². The van der Waals surface area contributed by atoms with Gasteiger partial charge in [0.1, 0.15) is 0 Å². The molecule has 0 bridgehead atoms. The molecule has 1 atom stereocenters. The lowest BCUT2D eigenvalue weighted by Crippen LogP contribution is -2.39. The van der Waals surface area contributed by atoms with E-state index in [9.17, 15) is 0 Å². The molecule has 0 aromatic heterocycles. The number of hydrogen-bond acceptors (Lipinski definition) is 1. The number of unbranched alkanes of at least 4 members (excludes halogenated alkanes) is 2. The second-order valence-electron chi connectivity index (χ2n) is 4.35. The van der Waals surface area contributed by atoms with Crippen LogP contribution in [-0.4, -0.2) is 12.6 Å². The van der Waals surface area contributed by atoms with Gasteiger partial charge < -0.3 is 5.32 Å². The van der Waals surface area contributed by atoms with E-state index in [2.05, 4.69) is 19.2 Å². The van der Waals surface area contributed by atoms with Crippen LogP contribution in [0.1, 0.15) is 58.8 Å². The first-order valence-corrected chi connectivity index (χ1v) is 6.11. The van der Waals surface area contributed by atoms with Crippen molar-refractivity contribution in [3.8, 4) is 0 Å². The molecule has 1 fully saturated rings. The summed E-state index contributed by atoms with van der Waals surface area (Å²) in [6.07, 6.45) is 10.0. The fourth-order valence-electron chi connectivity index (χ4n) is 2.22. The van der Waals surface area contributed by atoms with E-state index in [1.54, 1.807) is 0 Å². The molecular weight excluding hydrogens is 158 g/mol. The highest BCUT2D eigenvalue weighted by molar-refractivity contribution is 4.82. The van der Waals surface area contributed by atoms with Gasteiger partial charge in [-0.1, -0.05) is 39.5 Å². The summed E-state index contributed by atoms with van der Waals surface area (Å²) in [4.78, 5) is 0. The maximum absolute atomic E-state index is 3.64. The van der Waals surface area contributed by atoms with Crippen LogP contribution in [-0.2, 0) is 0 Å². The summed E-state index contributed by atoms with van der Waals surface area (Å²) in [6.45, 7) is 5.66. The van der Waals surface area contributed by atoms with Gasteiger partial charge >= 0.3 is 0 Å². The van der Waals surface area contributed by atoms with Crippen LogP contribution in [0.15, 0.2) is 0 Å². The van der Waals surface area contributed by atoms with Gasteiger partial charge in [0.2, 0.25) is 0 Å². The lowest BCUT2D eigenvalue weighted by molar-refractivity contribution is 0.218. The molecule has 1 unspecified atom stereocenters. The second-order valence-corrected chi connectivity index (χ2v) is 4.35. The Morgan fingerprint density at radius 3 is 2.46 bits per heavy atom. The number of hydrogen-bond donors (Lipinski definition) is 1. The van der Waals surface area contributed by atoms with Crippen molar-refractivity contribution < 1.29 is 0 Å². The first kappa shape index (κ1) is 11.0. The van der Waals surface area contributed by atoms with Crippen molar-refractivity contribution in [1.82, 2.24) is 5.32 Å². The largest absolute Gasteiger partial charge is 0.314 e. The fourth-order valence-corrected chi connectivity index (χ4v) is 2.22. The predicted molar refractivity (Wildman–Crippen MR) is 58.9 cm³/mol. The maximum atomic E-state index is 3.64. The Kier molecular flexibility index (Phi) is 5.45. The van der Waals surface area contributed by atoms with E-state index in [0.29, 0.717) is 0 Å². The Morgan fingerprint density at radius 2 is 2.00 bits per heavy atom. The summed E-state index contributed by atoms with van der Waals surface area (Å²) in [6, 6.07) is 0.838. The van der Waals surface area contributed by atoms with Gasteiger partial charge in [-0.3, -0.25) is 0 Å². The highest BCUT2D eigenvalue weighted by Crippen LogP contribution is 2.31. The summed E-state index contributed by atoms with van der Waals surface area (Å²) in [5.41, 5.74) is 0. The van der Waals surface area contributed by atoms with Crippen molar-refractivity contribution >= 4 is 0 Å². The van der Waals surface area contributed by atoms with Crippen molar-refractivity contribution in [3.63, 3.8) is 0 Å². The van der Waals surface area contributed by atoms with Crippen molar-refractivity contribution in [2.45, 2.75) is 64.8 Å². The molecule has 0 aromatic rings. The van der Waals surface area contributed by atoms with E-state index in [1.165, 1.54) is 44.9 Å². The fraction of sp³-hybridized carbons (Fsp3) is 1.00. The monoisotopic (exact) mass is 183 g/mol. The van der Waals surface area contributed by atoms with Crippen molar-refractivity contribution in [1.29, 1.82) is 0 Å². The molecule has 1 N–H and O–H groups in total. The van der Waals surface area contributed by atoms with E-state index in [1.807, 2.05) is 0 Å². The average Bonchev–Trinajstić information content (AvgIpc) is 2.02. The lowest BCUT2D eigenvalue weighted by atomic mass is 9.78. The smallest absolute Gasteiger partial charge is 0.00952 e. The third-order valence-corrected chi connectivity index (χ3v) is 3.30. The zero-order valence-corrected chi connectivity index (χ0v) is 9.31. The van der Waals surface area contributed by atoms with Gasteiger partial charge in [0.15, 0.2) is 0 Å². The molecule has 0 saturated heterocycles. The molecule has 0 spiro atoms. The third-order valence-electron chi connectivity index (χ3n) is 3.30. The van der Waals surface area contributed by atoms with Crippen molar-refractivity contribution in [2.75, 3.05) is 6.54 Å². The SMILES string of the molecule is CCCCCC(NCC)C1CCC1. The third kappa shape index (κ3) is 3.68. The summed E-state index contributed by atoms with van der Waals surface area (Å²) in [7, 11) is 0. The highest BCUT2D eigenvalue weighted by atomic mass is 14.9. The van der Waals surface area contributed by atoms with Gasteiger partial charge in [-0.05, 0) is 31.7 Å². The Hall–Kier alpha value is -0.0400. The molecule has 0 aliphatic heterocycles. The summed E-state index contributed by atoms with van der Waals surface area (Å²) in [5.74, 6) is 1.01. The second kappa shape index (κ2) is 6.42. The van der Waals surface area contributed by atoms with Gasteiger partial charge in [0, 0.05) is 6.04 Å². The number of rotatable bonds is 7. The minimum atomic E-state index is 0.838. The highest BCUT2D eigenvalue weighted by Gasteiger charge is 2.25. The molecule has 0 heterocycles. The lowest BCUT2D eigenvalue weighted by Gasteiger charge is -2.34. The molecule has 1 aliphatic carbocycles. The van der Waals surface area contributed by atoms with E-state index >= 15 is 0 Å². The standard InChI is InChI=1S/C12H25N/c1-3-5-6-10-12(13-4-2)11-8-7-9-11/h11-13H,3-10H2,1-2H3. The molecule has 1 heteroatoms. The van der Waals surface area contributed by atoms with Crippen LogP contribution >= 0.6 is 0 Å². The zero-order valence-electron chi connectivity index (χ0n) is 9.31. The van der Waals surface area contributed by atoms with Crippen LogP contribution in [0.5, 0.6) is 0 Å². The maximum Gasteiger partial charge on any atom is 0.00952 e. The van der Waals surface area contributed by atoms with Crippen LogP contribution in [0.25, 0.3) is 0 Å². The molecule has 78 valence electrons. The summed E-state index contributed by atoms with van der Waals surface area (Å²) in [5, 5.41) is 3.64. The Bertz CT molecular complexity index is 118. The molecule has 13 heavy (non-hydrogen) atoms. The molecule has 1 saturated carbocycles. The van der Waals surface area contributed by atoms with E-state index in [4.69, 9.17) is 0 Å². The zero-order chi connectivity index (χ0) is 9.52. The predicted octanol–water partition coefficient (Wildman–Crippen LogP) is 3.34. The van der Waals surface area contributed by atoms with Gasteiger partial charge in [-0.15, -0.1) is 0 Å². The van der Waals surface area contributed by atoms with Crippen LogP contribution < -0.4 is 5.32 Å². The summed E-state index contributed by atoms with van der Waals surface area (Å²) < 4.78 is 0. The molecular formula is C12H25N.